The topological polar surface area (TPSA) is 26.3 Å². The third-order valence-corrected chi connectivity index (χ3v) is 2.57. The number of carbonyl (C=O) groups excluding carboxylic acids is 1. The van der Waals surface area contributed by atoms with Crippen molar-refractivity contribution in [1.29, 1.82) is 0 Å². The van der Waals surface area contributed by atoms with Crippen LogP contribution < -0.4 is 0 Å². The molecule has 0 N–H and O–H groups in total. The Morgan fingerprint density at radius 2 is 2.24 bits per heavy atom. The zero-order chi connectivity index (χ0) is 12.5. The fraction of sp³-hybridized carbons (Fsp3) is 0.400. The van der Waals surface area contributed by atoms with Crippen molar-refractivity contribution in [3.05, 3.63) is 42.0 Å². The maximum atomic E-state index is 11.4. The third-order valence-electron chi connectivity index (χ3n) is 2.57. The molecule has 0 aliphatic heterocycles. The molecule has 0 aromatic heterocycles. The lowest BCUT2D eigenvalue weighted by Crippen LogP contribution is -2.04. The quantitative estimate of drug-likeness (QED) is 0.525. The molecule has 0 amide bonds. The maximum absolute atomic E-state index is 11.4. The monoisotopic (exact) mass is 232 g/mol. The first kappa shape index (κ1) is 13.5. The highest BCUT2D eigenvalue weighted by Crippen LogP contribution is 2.09. The molecule has 0 aliphatic rings. The Bertz CT molecular complexity index is 369. The van der Waals surface area contributed by atoms with Gasteiger partial charge in [0.25, 0.3) is 0 Å². The second kappa shape index (κ2) is 7.66. The molecular weight excluding hydrogens is 212 g/mol. The molecule has 0 bridgehead atoms. The van der Waals surface area contributed by atoms with Gasteiger partial charge in [0.05, 0.1) is 0 Å². The summed E-state index contributed by atoms with van der Waals surface area (Å²) < 4.78 is 5.20. The number of unbranched alkanes of at least 4 members (excludes halogenated alkanes) is 2. The van der Waals surface area contributed by atoms with Crippen LogP contribution in [0.5, 0.6) is 0 Å². The van der Waals surface area contributed by atoms with Crippen molar-refractivity contribution in [3.63, 3.8) is 0 Å². The van der Waals surface area contributed by atoms with Crippen LogP contribution in [-0.4, -0.2) is 5.97 Å². The molecule has 0 saturated carbocycles. The van der Waals surface area contributed by atoms with E-state index in [9.17, 15) is 4.79 Å². The molecule has 0 fully saturated rings. The second-order valence-corrected chi connectivity index (χ2v) is 4.07. The van der Waals surface area contributed by atoms with Gasteiger partial charge in [-0.3, -0.25) is 4.79 Å². The van der Waals surface area contributed by atoms with Gasteiger partial charge in [0, 0.05) is 6.42 Å². The van der Waals surface area contributed by atoms with Crippen LogP contribution in [0, 0.1) is 0 Å². The SMILES string of the molecule is C=Cc1cccc(COC(=O)CCCCC)c1. The minimum atomic E-state index is -0.109. The van der Waals surface area contributed by atoms with Crippen molar-refractivity contribution in [1.82, 2.24) is 0 Å². The summed E-state index contributed by atoms with van der Waals surface area (Å²) in [5.41, 5.74) is 2.05. The zero-order valence-electron chi connectivity index (χ0n) is 10.4. The molecule has 0 radical (unpaired) electrons. The van der Waals surface area contributed by atoms with Gasteiger partial charge < -0.3 is 4.74 Å². The Morgan fingerprint density at radius 3 is 2.94 bits per heavy atom. The number of rotatable bonds is 7. The molecule has 1 aromatic carbocycles. The lowest BCUT2D eigenvalue weighted by molar-refractivity contribution is -0.145. The molecule has 92 valence electrons. The van der Waals surface area contributed by atoms with Crippen LogP contribution in [-0.2, 0) is 16.1 Å². The molecule has 0 spiro atoms. The summed E-state index contributed by atoms with van der Waals surface area (Å²) in [6, 6.07) is 7.84. The van der Waals surface area contributed by atoms with Crippen LogP contribution in [0.3, 0.4) is 0 Å². The van der Waals surface area contributed by atoms with E-state index in [1.165, 1.54) is 0 Å². The van der Waals surface area contributed by atoms with Crippen LogP contribution in [0.25, 0.3) is 6.08 Å². The summed E-state index contributed by atoms with van der Waals surface area (Å²) in [7, 11) is 0. The standard InChI is InChI=1S/C15H20O2/c1-3-5-6-10-15(16)17-12-14-9-7-8-13(4-2)11-14/h4,7-9,11H,2-3,5-6,10,12H2,1H3. The van der Waals surface area contributed by atoms with Gasteiger partial charge in [-0.15, -0.1) is 0 Å². The Balaban J connectivity index is 2.34. The maximum Gasteiger partial charge on any atom is 0.306 e. The molecule has 1 rings (SSSR count). The van der Waals surface area contributed by atoms with Crippen LogP contribution >= 0.6 is 0 Å². The average molecular weight is 232 g/mol. The summed E-state index contributed by atoms with van der Waals surface area (Å²) in [6.45, 7) is 6.18. The van der Waals surface area contributed by atoms with E-state index in [0.29, 0.717) is 13.0 Å². The van der Waals surface area contributed by atoms with Gasteiger partial charge in [0.15, 0.2) is 0 Å². The Kier molecular flexibility index (Phi) is 6.08. The number of esters is 1. The lowest BCUT2D eigenvalue weighted by Gasteiger charge is -2.05. The lowest BCUT2D eigenvalue weighted by atomic mass is 10.1. The number of hydrogen-bond donors (Lipinski definition) is 0. The van der Waals surface area contributed by atoms with E-state index in [-0.39, 0.29) is 5.97 Å². The number of carbonyl (C=O) groups is 1. The zero-order valence-corrected chi connectivity index (χ0v) is 10.4. The van der Waals surface area contributed by atoms with E-state index >= 15 is 0 Å². The minimum Gasteiger partial charge on any atom is -0.461 e. The summed E-state index contributed by atoms with van der Waals surface area (Å²) in [5.74, 6) is -0.109. The normalized spacial score (nSPS) is 9.94. The predicted molar refractivity (Wildman–Crippen MR) is 70.5 cm³/mol. The molecule has 0 atom stereocenters. The second-order valence-electron chi connectivity index (χ2n) is 4.07. The summed E-state index contributed by atoms with van der Waals surface area (Å²) >= 11 is 0. The summed E-state index contributed by atoms with van der Waals surface area (Å²) in [4.78, 5) is 11.4. The van der Waals surface area contributed by atoms with E-state index < -0.39 is 0 Å². The van der Waals surface area contributed by atoms with Crippen molar-refractivity contribution in [3.8, 4) is 0 Å². The van der Waals surface area contributed by atoms with Gasteiger partial charge in [-0.1, -0.05) is 50.6 Å². The Labute approximate surface area is 103 Å². The van der Waals surface area contributed by atoms with Gasteiger partial charge in [-0.25, -0.2) is 0 Å². The van der Waals surface area contributed by atoms with Crippen LogP contribution in [0.2, 0.25) is 0 Å². The molecule has 0 unspecified atom stereocenters. The first-order valence-electron chi connectivity index (χ1n) is 6.13. The molecule has 0 saturated heterocycles. The third kappa shape index (κ3) is 5.34. The first-order chi connectivity index (χ1) is 8.26. The highest BCUT2D eigenvalue weighted by atomic mass is 16.5. The fourth-order valence-electron chi connectivity index (χ4n) is 1.57. The van der Waals surface area contributed by atoms with E-state index in [4.69, 9.17) is 4.74 Å². The smallest absolute Gasteiger partial charge is 0.306 e. The molecule has 0 heterocycles. The number of ether oxygens (including phenoxy) is 1. The summed E-state index contributed by atoms with van der Waals surface area (Å²) in [5, 5.41) is 0. The summed E-state index contributed by atoms with van der Waals surface area (Å²) in [6.07, 6.45) is 5.43. The van der Waals surface area contributed by atoms with E-state index in [1.54, 1.807) is 6.08 Å². The highest BCUT2D eigenvalue weighted by molar-refractivity contribution is 5.69. The Morgan fingerprint density at radius 1 is 1.41 bits per heavy atom. The largest absolute Gasteiger partial charge is 0.461 e. The van der Waals surface area contributed by atoms with E-state index in [2.05, 4.69) is 13.5 Å². The van der Waals surface area contributed by atoms with Gasteiger partial charge in [0.2, 0.25) is 0 Å². The minimum absolute atomic E-state index is 0.109. The molecule has 1 aromatic rings. The van der Waals surface area contributed by atoms with Gasteiger partial charge >= 0.3 is 5.97 Å². The van der Waals surface area contributed by atoms with Gasteiger partial charge in [-0.2, -0.15) is 0 Å². The van der Waals surface area contributed by atoms with Crippen molar-refractivity contribution in [2.24, 2.45) is 0 Å². The molecule has 0 aliphatic carbocycles. The van der Waals surface area contributed by atoms with Gasteiger partial charge in [0.1, 0.15) is 6.61 Å². The fourth-order valence-corrected chi connectivity index (χ4v) is 1.57. The van der Waals surface area contributed by atoms with Crippen molar-refractivity contribution >= 4 is 12.0 Å². The van der Waals surface area contributed by atoms with E-state index in [1.807, 2.05) is 24.3 Å². The average Bonchev–Trinajstić information content (AvgIpc) is 2.37. The van der Waals surface area contributed by atoms with Crippen molar-refractivity contribution in [2.45, 2.75) is 39.2 Å². The van der Waals surface area contributed by atoms with Crippen molar-refractivity contribution < 1.29 is 9.53 Å². The van der Waals surface area contributed by atoms with Crippen molar-refractivity contribution in [2.75, 3.05) is 0 Å². The molecule has 2 nitrogen and oxygen atoms in total. The van der Waals surface area contributed by atoms with Gasteiger partial charge in [-0.05, 0) is 23.6 Å². The molecular formula is C15H20O2. The first-order valence-corrected chi connectivity index (χ1v) is 6.13. The molecule has 2 heteroatoms. The molecule has 17 heavy (non-hydrogen) atoms. The highest BCUT2D eigenvalue weighted by Gasteiger charge is 2.02. The van der Waals surface area contributed by atoms with Crippen LogP contribution in [0.15, 0.2) is 30.8 Å². The number of hydrogen-bond acceptors (Lipinski definition) is 2. The Hall–Kier alpha value is -1.57. The number of benzene rings is 1. The van der Waals surface area contributed by atoms with Crippen LogP contribution in [0.4, 0.5) is 0 Å². The van der Waals surface area contributed by atoms with E-state index in [0.717, 1.165) is 30.4 Å². The van der Waals surface area contributed by atoms with Crippen LogP contribution in [0.1, 0.15) is 43.7 Å². The predicted octanol–water partition coefficient (Wildman–Crippen LogP) is 3.95.